The summed E-state index contributed by atoms with van der Waals surface area (Å²) < 4.78 is 0. The van der Waals surface area contributed by atoms with Gasteiger partial charge in [-0.2, -0.15) is 0 Å². The molecule has 3 heteroatoms. The van der Waals surface area contributed by atoms with E-state index in [1.807, 2.05) is 48.5 Å². The third kappa shape index (κ3) is 3.50. The zero-order valence-corrected chi connectivity index (χ0v) is 11.9. The van der Waals surface area contributed by atoms with E-state index in [1.165, 1.54) is 10.6 Å². The Bertz CT molecular complexity index is 531. The highest BCUT2D eigenvalue weighted by Crippen LogP contribution is 2.24. The third-order valence-corrected chi connectivity index (χ3v) is 3.84. The first-order valence-electron chi connectivity index (χ1n) is 7.35. The van der Waals surface area contributed by atoms with Crippen LogP contribution >= 0.6 is 0 Å². The van der Waals surface area contributed by atoms with Crippen molar-refractivity contribution in [2.75, 3.05) is 6.54 Å². The molecule has 1 saturated heterocycles. The molecule has 0 spiro atoms. The second kappa shape index (κ2) is 6.55. The number of carbonyl (C=O) groups excluding carboxylic acids is 1. The molecule has 0 N–H and O–H groups in total. The molecule has 0 radical (unpaired) electrons. The maximum atomic E-state index is 12.0. The summed E-state index contributed by atoms with van der Waals surface area (Å²) in [7, 11) is 0. The van der Waals surface area contributed by atoms with Gasteiger partial charge in [0.05, 0.1) is 12.5 Å². The van der Waals surface area contributed by atoms with Gasteiger partial charge in [-0.25, -0.2) is 5.06 Å². The molecule has 2 aromatic rings. The van der Waals surface area contributed by atoms with Crippen LogP contribution in [0.15, 0.2) is 60.7 Å². The molecule has 1 fully saturated rings. The molecular formula is C18H19NO2. The number of hydroxylamine groups is 2. The van der Waals surface area contributed by atoms with E-state index in [-0.39, 0.29) is 11.8 Å². The van der Waals surface area contributed by atoms with E-state index in [9.17, 15) is 4.79 Å². The van der Waals surface area contributed by atoms with Gasteiger partial charge >= 0.3 is 0 Å². The minimum absolute atomic E-state index is 0.112. The van der Waals surface area contributed by atoms with Crippen LogP contribution in [0.5, 0.6) is 0 Å². The van der Waals surface area contributed by atoms with E-state index in [1.54, 1.807) is 0 Å². The fourth-order valence-electron chi connectivity index (χ4n) is 2.50. The molecule has 21 heavy (non-hydrogen) atoms. The van der Waals surface area contributed by atoms with E-state index in [0.29, 0.717) is 13.2 Å². The second-order valence-corrected chi connectivity index (χ2v) is 5.38. The molecule has 1 heterocycles. The molecule has 1 aliphatic rings. The number of nitrogens with zero attached hydrogens (tertiary/aromatic N) is 1. The van der Waals surface area contributed by atoms with Crippen molar-refractivity contribution in [3.8, 4) is 0 Å². The summed E-state index contributed by atoms with van der Waals surface area (Å²) in [4.78, 5) is 17.5. The molecule has 1 aliphatic heterocycles. The predicted octanol–water partition coefficient (Wildman–Crippen LogP) is 3.21. The van der Waals surface area contributed by atoms with Crippen LogP contribution in [0.2, 0.25) is 0 Å². The lowest BCUT2D eigenvalue weighted by Gasteiger charge is -2.37. The van der Waals surface area contributed by atoms with Crippen LogP contribution in [0.4, 0.5) is 0 Å². The van der Waals surface area contributed by atoms with E-state index < -0.39 is 0 Å². The highest BCUT2D eigenvalue weighted by molar-refractivity contribution is 5.83. The molecule has 3 nitrogen and oxygen atoms in total. The molecule has 1 unspecified atom stereocenters. The molecule has 0 aliphatic carbocycles. The van der Waals surface area contributed by atoms with Crippen LogP contribution in [0.1, 0.15) is 17.5 Å². The number of benzene rings is 2. The van der Waals surface area contributed by atoms with Crippen molar-refractivity contribution in [2.24, 2.45) is 5.92 Å². The zero-order valence-electron chi connectivity index (χ0n) is 11.9. The van der Waals surface area contributed by atoms with Gasteiger partial charge in [0.25, 0.3) is 5.91 Å². The lowest BCUT2D eigenvalue weighted by molar-refractivity contribution is -0.226. The number of aryl methyl sites for hydroxylation is 1. The van der Waals surface area contributed by atoms with Crippen molar-refractivity contribution >= 4 is 5.91 Å². The summed E-state index contributed by atoms with van der Waals surface area (Å²) in [6.45, 7) is 1.16. The fourth-order valence-corrected chi connectivity index (χ4v) is 2.50. The Balaban J connectivity index is 1.41. The first kappa shape index (κ1) is 13.8. The van der Waals surface area contributed by atoms with Crippen molar-refractivity contribution in [2.45, 2.75) is 19.4 Å². The molecule has 1 amide bonds. The van der Waals surface area contributed by atoms with E-state index in [0.717, 1.165) is 18.4 Å². The van der Waals surface area contributed by atoms with Gasteiger partial charge in [0.2, 0.25) is 0 Å². The number of hydrogen-bond donors (Lipinski definition) is 0. The van der Waals surface area contributed by atoms with Gasteiger partial charge in [-0.15, -0.1) is 0 Å². The predicted molar refractivity (Wildman–Crippen MR) is 81.2 cm³/mol. The molecule has 108 valence electrons. The summed E-state index contributed by atoms with van der Waals surface area (Å²) in [6.07, 6.45) is 1.85. The van der Waals surface area contributed by atoms with Crippen molar-refractivity contribution in [1.82, 2.24) is 5.06 Å². The van der Waals surface area contributed by atoms with Gasteiger partial charge in [-0.1, -0.05) is 60.7 Å². The average molecular weight is 281 g/mol. The minimum atomic E-state index is 0.112. The highest BCUT2D eigenvalue weighted by Gasteiger charge is 2.37. The molecule has 0 bridgehead atoms. The average Bonchev–Trinajstić information content (AvgIpc) is 2.55. The highest BCUT2D eigenvalue weighted by atomic mass is 16.7. The lowest BCUT2D eigenvalue weighted by atomic mass is 9.93. The Morgan fingerprint density at radius 1 is 0.952 bits per heavy atom. The first-order chi connectivity index (χ1) is 10.3. The Kier molecular flexibility index (Phi) is 4.31. The Hall–Kier alpha value is -2.13. The fraction of sp³-hybridized carbons (Fsp3) is 0.278. The van der Waals surface area contributed by atoms with Crippen LogP contribution in [-0.4, -0.2) is 17.5 Å². The number of carbonyl (C=O) groups is 1. The van der Waals surface area contributed by atoms with Crippen LogP contribution in [0.25, 0.3) is 0 Å². The first-order valence-corrected chi connectivity index (χ1v) is 7.35. The van der Waals surface area contributed by atoms with Crippen molar-refractivity contribution < 1.29 is 9.63 Å². The van der Waals surface area contributed by atoms with E-state index >= 15 is 0 Å². The topological polar surface area (TPSA) is 29.5 Å². The maximum absolute atomic E-state index is 12.0. The Morgan fingerprint density at radius 3 is 2.19 bits per heavy atom. The number of rotatable bonds is 6. The molecule has 2 aromatic carbocycles. The van der Waals surface area contributed by atoms with Crippen LogP contribution in [-0.2, 0) is 22.7 Å². The van der Waals surface area contributed by atoms with Gasteiger partial charge in [0, 0.05) is 0 Å². The smallest absolute Gasteiger partial charge is 0.251 e. The number of hydrogen-bond acceptors (Lipinski definition) is 2. The minimum Gasteiger partial charge on any atom is -0.272 e. The number of β-lactam (4-membered cyclic amide) rings is 1. The molecule has 0 aromatic heterocycles. The summed E-state index contributed by atoms with van der Waals surface area (Å²) in [6, 6.07) is 20.2. The lowest BCUT2D eigenvalue weighted by Crippen LogP contribution is -2.52. The van der Waals surface area contributed by atoms with E-state index in [4.69, 9.17) is 4.84 Å². The quantitative estimate of drug-likeness (QED) is 0.761. The largest absolute Gasteiger partial charge is 0.272 e. The van der Waals surface area contributed by atoms with Gasteiger partial charge in [0.1, 0.15) is 6.61 Å². The SMILES string of the molecule is O=C1C(CCc2ccccc2)CN1OCc1ccccc1. The summed E-state index contributed by atoms with van der Waals surface area (Å²) >= 11 is 0. The van der Waals surface area contributed by atoms with Crippen molar-refractivity contribution in [3.63, 3.8) is 0 Å². The molecule has 0 saturated carbocycles. The van der Waals surface area contributed by atoms with Crippen molar-refractivity contribution in [1.29, 1.82) is 0 Å². The third-order valence-electron chi connectivity index (χ3n) is 3.84. The summed E-state index contributed by atoms with van der Waals surface area (Å²) in [5, 5.41) is 1.49. The Morgan fingerprint density at radius 2 is 1.57 bits per heavy atom. The van der Waals surface area contributed by atoms with Crippen molar-refractivity contribution in [3.05, 3.63) is 71.8 Å². The van der Waals surface area contributed by atoms with Crippen LogP contribution < -0.4 is 0 Å². The second-order valence-electron chi connectivity index (χ2n) is 5.38. The standard InChI is InChI=1S/C18H19NO2/c20-18-17(12-11-15-7-3-1-4-8-15)13-19(18)21-14-16-9-5-2-6-10-16/h1-10,17H,11-14H2. The van der Waals surface area contributed by atoms with Crippen LogP contribution in [0, 0.1) is 5.92 Å². The molecular weight excluding hydrogens is 262 g/mol. The number of amides is 1. The molecule has 1 atom stereocenters. The van der Waals surface area contributed by atoms with Crippen LogP contribution in [0.3, 0.4) is 0 Å². The monoisotopic (exact) mass is 281 g/mol. The van der Waals surface area contributed by atoms with Gasteiger partial charge in [-0.3, -0.25) is 9.63 Å². The summed E-state index contributed by atoms with van der Waals surface area (Å²) in [5.74, 6) is 0.225. The normalized spacial score (nSPS) is 17.6. The van der Waals surface area contributed by atoms with Gasteiger partial charge < -0.3 is 0 Å². The summed E-state index contributed by atoms with van der Waals surface area (Å²) in [5.41, 5.74) is 2.37. The molecule has 3 rings (SSSR count). The van der Waals surface area contributed by atoms with E-state index in [2.05, 4.69) is 12.1 Å². The maximum Gasteiger partial charge on any atom is 0.251 e. The van der Waals surface area contributed by atoms with Gasteiger partial charge in [0.15, 0.2) is 0 Å². The zero-order chi connectivity index (χ0) is 14.5. The Labute approximate surface area is 125 Å². The van der Waals surface area contributed by atoms with Gasteiger partial charge in [-0.05, 0) is 24.0 Å².